The van der Waals surface area contributed by atoms with Gasteiger partial charge in [0.1, 0.15) is 17.2 Å². The molecule has 1 aliphatic rings. The van der Waals surface area contributed by atoms with Crippen LogP contribution in [0, 0.1) is 0 Å². The Bertz CT molecular complexity index is 814. The number of nitrogens with zero attached hydrogens (tertiary/aromatic N) is 1. The second kappa shape index (κ2) is 8.07. The first-order valence-electron chi connectivity index (χ1n) is 8.61. The Morgan fingerprint density at radius 3 is 1.96 bits per heavy atom. The summed E-state index contributed by atoms with van der Waals surface area (Å²) in [4.78, 5) is 0.278. The fourth-order valence-corrected chi connectivity index (χ4v) is 4.41. The SMILES string of the molecule is COc1ccc(Oc2ccc(S(=O)(=O)N(C)C3CCNCC3)cc2)cc1. The van der Waals surface area contributed by atoms with E-state index in [9.17, 15) is 8.42 Å². The van der Waals surface area contributed by atoms with Crippen LogP contribution in [0.5, 0.6) is 17.2 Å². The third-order valence-corrected chi connectivity index (χ3v) is 6.54. The zero-order chi connectivity index (χ0) is 18.6. The third-order valence-electron chi connectivity index (χ3n) is 4.62. The van der Waals surface area contributed by atoms with Gasteiger partial charge < -0.3 is 14.8 Å². The van der Waals surface area contributed by atoms with E-state index >= 15 is 0 Å². The normalized spacial score (nSPS) is 15.8. The number of hydrogen-bond donors (Lipinski definition) is 1. The fourth-order valence-electron chi connectivity index (χ4n) is 2.99. The molecule has 0 atom stereocenters. The Kier molecular flexibility index (Phi) is 5.80. The van der Waals surface area contributed by atoms with Gasteiger partial charge in [-0.3, -0.25) is 0 Å². The van der Waals surface area contributed by atoms with Gasteiger partial charge >= 0.3 is 0 Å². The molecule has 1 fully saturated rings. The summed E-state index contributed by atoms with van der Waals surface area (Å²) in [6, 6.07) is 13.8. The van der Waals surface area contributed by atoms with Gasteiger partial charge in [-0.1, -0.05) is 0 Å². The largest absolute Gasteiger partial charge is 0.497 e. The van der Waals surface area contributed by atoms with Crippen LogP contribution in [0.25, 0.3) is 0 Å². The van der Waals surface area contributed by atoms with Crippen molar-refractivity contribution in [2.75, 3.05) is 27.2 Å². The summed E-state index contributed by atoms with van der Waals surface area (Å²) in [5.41, 5.74) is 0. The summed E-state index contributed by atoms with van der Waals surface area (Å²) in [6.45, 7) is 1.69. The number of piperidine rings is 1. The molecule has 140 valence electrons. The van der Waals surface area contributed by atoms with E-state index in [0.717, 1.165) is 31.7 Å². The van der Waals surface area contributed by atoms with E-state index in [1.54, 1.807) is 50.6 Å². The zero-order valence-corrected chi connectivity index (χ0v) is 15.8. The molecule has 0 radical (unpaired) electrons. The van der Waals surface area contributed by atoms with Gasteiger partial charge in [-0.15, -0.1) is 0 Å². The molecule has 2 aromatic rings. The maximum atomic E-state index is 12.8. The molecule has 1 saturated heterocycles. The highest BCUT2D eigenvalue weighted by Gasteiger charge is 2.28. The first-order chi connectivity index (χ1) is 12.5. The molecule has 0 spiro atoms. The molecule has 1 aliphatic heterocycles. The van der Waals surface area contributed by atoms with E-state index in [1.165, 1.54) is 4.31 Å². The standard InChI is InChI=1S/C19H24N2O4S/c1-21(15-11-13-20-14-12-15)26(22,23)19-9-7-18(8-10-19)25-17-5-3-16(24-2)4-6-17/h3-10,15,20H,11-14H2,1-2H3. The molecule has 3 rings (SSSR count). The minimum atomic E-state index is -3.50. The molecule has 1 N–H and O–H groups in total. The summed E-state index contributed by atoms with van der Waals surface area (Å²) < 4.78 is 38.0. The maximum absolute atomic E-state index is 12.8. The lowest BCUT2D eigenvalue weighted by atomic mass is 10.1. The number of ether oxygens (including phenoxy) is 2. The topological polar surface area (TPSA) is 67.9 Å². The molecule has 2 aromatic carbocycles. The molecule has 26 heavy (non-hydrogen) atoms. The number of methoxy groups -OCH3 is 1. The monoisotopic (exact) mass is 376 g/mol. The molecule has 6 nitrogen and oxygen atoms in total. The van der Waals surface area contributed by atoms with E-state index in [1.807, 2.05) is 12.1 Å². The number of sulfonamides is 1. The van der Waals surface area contributed by atoms with Crippen LogP contribution < -0.4 is 14.8 Å². The van der Waals surface area contributed by atoms with Crippen molar-refractivity contribution in [1.29, 1.82) is 0 Å². The second-order valence-electron chi connectivity index (χ2n) is 6.25. The Balaban J connectivity index is 1.71. The van der Waals surface area contributed by atoms with Crippen LogP contribution in [0.3, 0.4) is 0 Å². The summed E-state index contributed by atoms with van der Waals surface area (Å²) in [5.74, 6) is 1.99. The second-order valence-corrected chi connectivity index (χ2v) is 8.25. The van der Waals surface area contributed by atoms with Crippen LogP contribution in [-0.2, 0) is 10.0 Å². The Morgan fingerprint density at radius 1 is 0.923 bits per heavy atom. The van der Waals surface area contributed by atoms with Gasteiger partial charge in [0.25, 0.3) is 0 Å². The summed E-state index contributed by atoms with van der Waals surface area (Å²) >= 11 is 0. The van der Waals surface area contributed by atoms with E-state index in [0.29, 0.717) is 11.5 Å². The van der Waals surface area contributed by atoms with Gasteiger partial charge in [-0.25, -0.2) is 8.42 Å². The first kappa shape index (κ1) is 18.7. The van der Waals surface area contributed by atoms with Gasteiger partial charge in [0.05, 0.1) is 12.0 Å². The quantitative estimate of drug-likeness (QED) is 0.840. The van der Waals surface area contributed by atoms with Crippen LogP contribution in [-0.4, -0.2) is 46.0 Å². The Hall–Kier alpha value is -2.09. The lowest BCUT2D eigenvalue weighted by molar-refractivity contribution is 0.296. The van der Waals surface area contributed by atoms with E-state index in [2.05, 4.69) is 5.32 Å². The molecule has 1 heterocycles. The van der Waals surface area contributed by atoms with Crippen LogP contribution in [0.1, 0.15) is 12.8 Å². The Labute approximate surface area is 154 Å². The van der Waals surface area contributed by atoms with Crippen LogP contribution in [0.2, 0.25) is 0 Å². The first-order valence-corrected chi connectivity index (χ1v) is 10.1. The number of hydrogen-bond acceptors (Lipinski definition) is 5. The average Bonchev–Trinajstić information content (AvgIpc) is 2.69. The smallest absolute Gasteiger partial charge is 0.243 e. The molecule has 0 amide bonds. The van der Waals surface area contributed by atoms with Crippen molar-refractivity contribution in [1.82, 2.24) is 9.62 Å². The Morgan fingerprint density at radius 2 is 1.42 bits per heavy atom. The highest BCUT2D eigenvalue weighted by molar-refractivity contribution is 7.89. The number of nitrogens with one attached hydrogen (secondary N) is 1. The zero-order valence-electron chi connectivity index (χ0n) is 15.0. The minimum Gasteiger partial charge on any atom is -0.497 e. The van der Waals surface area contributed by atoms with Gasteiger partial charge in [0, 0.05) is 13.1 Å². The third kappa shape index (κ3) is 4.17. The molecule has 0 saturated carbocycles. The van der Waals surface area contributed by atoms with Crippen LogP contribution in [0.15, 0.2) is 53.4 Å². The summed E-state index contributed by atoms with van der Waals surface area (Å²) in [5, 5.41) is 3.25. The molecule has 0 unspecified atom stereocenters. The minimum absolute atomic E-state index is 0.0384. The van der Waals surface area contributed by atoms with Crippen molar-refractivity contribution >= 4 is 10.0 Å². The summed E-state index contributed by atoms with van der Waals surface area (Å²) in [7, 11) is -0.237. The van der Waals surface area contributed by atoms with Crippen molar-refractivity contribution in [3.63, 3.8) is 0 Å². The van der Waals surface area contributed by atoms with Gasteiger partial charge in [0.2, 0.25) is 10.0 Å². The van der Waals surface area contributed by atoms with Crippen molar-refractivity contribution in [3.8, 4) is 17.2 Å². The van der Waals surface area contributed by atoms with E-state index in [-0.39, 0.29) is 10.9 Å². The lowest BCUT2D eigenvalue weighted by Gasteiger charge is -2.30. The predicted molar refractivity (Wildman–Crippen MR) is 100 cm³/mol. The van der Waals surface area contributed by atoms with E-state index < -0.39 is 10.0 Å². The van der Waals surface area contributed by atoms with Crippen molar-refractivity contribution in [2.24, 2.45) is 0 Å². The molecule has 0 bridgehead atoms. The average molecular weight is 376 g/mol. The number of rotatable bonds is 6. The van der Waals surface area contributed by atoms with Crippen molar-refractivity contribution in [3.05, 3.63) is 48.5 Å². The molecular weight excluding hydrogens is 352 g/mol. The predicted octanol–water partition coefficient (Wildman–Crippen LogP) is 2.86. The van der Waals surface area contributed by atoms with Crippen LogP contribution in [0.4, 0.5) is 0 Å². The van der Waals surface area contributed by atoms with Crippen molar-refractivity contribution in [2.45, 2.75) is 23.8 Å². The van der Waals surface area contributed by atoms with Crippen LogP contribution >= 0.6 is 0 Å². The number of benzene rings is 2. The highest BCUT2D eigenvalue weighted by Crippen LogP contribution is 2.26. The van der Waals surface area contributed by atoms with Gasteiger partial charge in [-0.05, 0) is 74.5 Å². The van der Waals surface area contributed by atoms with Gasteiger partial charge in [-0.2, -0.15) is 4.31 Å². The van der Waals surface area contributed by atoms with E-state index in [4.69, 9.17) is 9.47 Å². The van der Waals surface area contributed by atoms with Crippen molar-refractivity contribution < 1.29 is 17.9 Å². The lowest BCUT2D eigenvalue weighted by Crippen LogP contribution is -2.43. The molecule has 0 aliphatic carbocycles. The summed E-state index contributed by atoms with van der Waals surface area (Å²) in [6.07, 6.45) is 1.66. The maximum Gasteiger partial charge on any atom is 0.243 e. The molecular formula is C19H24N2O4S. The fraction of sp³-hybridized carbons (Fsp3) is 0.368. The van der Waals surface area contributed by atoms with Gasteiger partial charge in [0.15, 0.2) is 0 Å². The molecule has 7 heteroatoms. The molecule has 0 aromatic heterocycles. The highest BCUT2D eigenvalue weighted by atomic mass is 32.2.